The predicted octanol–water partition coefficient (Wildman–Crippen LogP) is 4.50. The Hall–Kier alpha value is -1.67. The molecular formula is C20H32O6Si. The molecule has 0 amide bonds. The van der Waals surface area contributed by atoms with Crippen LogP contribution in [0.25, 0.3) is 6.08 Å². The predicted molar refractivity (Wildman–Crippen MR) is 109 cm³/mol. The van der Waals surface area contributed by atoms with Crippen molar-refractivity contribution in [2.75, 3.05) is 34.4 Å². The first-order chi connectivity index (χ1) is 12.7. The van der Waals surface area contributed by atoms with Gasteiger partial charge >= 0.3 is 0 Å². The van der Waals surface area contributed by atoms with Crippen molar-refractivity contribution in [1.82, 2.24) is 0 Å². The first-order valence-corrected chi connectivity index (χ1v) is 11.7. The number of ether oxygens (including phenoxy) is 4. The number of rotatable bonds is 11. The van der Waals surface area contributed by atoms with Crippen LogP contribution in [0.4, 0.5) is 0 Å². The molecule has 0 bridgehead atoms. The summed E-state index contributed by atoms with van der Waals surface area (Å²) in [6.45, 7) is 11.6. The van der Waals surface area contributed by atoms with Crippen LogP contribution < -0.4 is 9.47 Å². The number of carbonyl (C=O) groups excluding carboxylic acids is 1. The van der Waals surface area contributed by atoms with Crippen molar-refractivity contribution < 1.29 is 28.2 Å². The van der Waals surface area contributed by atoms with Crippen molar-refractivity contribution in [1.29, 1.82) is 0 Å². The summed E-state index contributed by atoms with van der Waals surface area (Å²) in [5.74, 6) is 0.909. The fourth-order valence-electron chi connectivity index (χ4n) is 1.99. The van der Waals surface area contributed by atoms with Gasteiger partial charge in [-0.25, -0.2) is 0 Å². The summed E-state index contributed by atoms with van der Waals surface area (Å²) in [6.07, 6.45) is 4.55. The fraction of sp³-hybridized carbons (Fsp3) is 0.550. The van der Waals surface area contributed by atoms with E-state index in [2.05, 4.69) is 33.9 Å². The maximum atomic E-state index is 11.3. The van der Waals surface area contributed by atoms with Crippen LogP contribution in [0.1, 0.15) is 36.7 Å². The average Bonchev–Trinajstić information content (AvgIpc) is 2.61. The number of methoxy groups -OCH3 is 2. The number of hydrogen-bond acceptors (Lipinski definition) is 6. The normalized spacial score (nSPS) is 12.4. The van der Waals surface area contributed by atoms with E-state index in [-0.39, 0.29) is 18.6 Å². The highest BCUT2D eigenvalue weighted by molar-refractivity contribution is 6.74. The Morgan fingerprint density at radius 3 is 2.22 bits per heavy atom. The third-order valence-corrected chi connectivity index (χ3v) is 9.04. The summed E-state index contributed by atoms with van der Waals surface area (Å²) in [4.78, 5) is 11.3. The molecular weight excluding hydrogens is 364 g/mol. The summed E-state index contributed by atoms with van der Waals surface area (Å²) >= 11 is 0. The summed E-state index contributed by atoms with van der Waals surface area (Å²) in [7, 11) is 1.24. The monoisotopic (exact) mass is 396 g/mol. The van der Waals surface area contributed by atoms with E-state index in [0.717, 1.165) is 6.29 Å². The molecule has 0 fully saturated rings. The van der Waals surface area contributed by atoms with Gasteiger partial charge in [-0.1, -0.05) is 32.9 Å². The Bertz CT molecular complexity index is 634. The third-order valence-electron chi connectivity index (χ3n) is 4.54. The average molecular weight is 397 g/mol. The summed E-state index contributed by atoms with van der Waals surface area (Å²) in [5.41, 5.74) is 1.19. The molecule has 0 unspecified atom stereocenters. The molecule has 0 heterocycles. The van der Waals surface area contributed by atoms with E-state index in [1.165, 1.54) is 14.2 Å². The van der Waals surface area contributed by atoms with Crippen LogP contribution in [0.3, 0.4) is 0 Å². The van der Waals surface area contributed by atoms with Crippen LogP contribution in [0.2, 0.25) is 18.1 Å². The Morgan fingerprint density at radius 2 is 1.67 bits per heavy atom. The second kappa shape index (κ2) is 10.6. The molecule has 0 saturated heterocycles. The van der Waals surface area contributed by atoms with Gasteiger partial charge in [0.15, 0.2) is 33.4 Å². The van der Waals surface area contributed by atoms with Gasteiger partial charge in [0.2, 0.25) is 0 Å². The van der Waals surface area contributed by atoms with Crippen molar-refractivity contribution in [3.05, 3.63) is 29.3 Å². The van der Waals surface area contributed by atoms with Gasteiger partial charge in [0.1, 0.15) is 6.29 Å². The largest absolute Gasteiger partial charge is 0.464 e. The van der Waals surface area contributed by atoms with Gasteiger partial charge in [-0.05, 0) is 30.3 Å². The van der Waals surface area contributed by atoms with E-state index in [4.69, 9.17) is 23.4 Å². The van der Waals surface area contributed by atoms with Crippen LogP contribution in [0, 0.1) is 0 Å². The smallest absolute Gasteiger partial charge is 0.192 e. The molecule has 27 heavy (non-hydrogen) atoms. The van der Waals surface area contributed by atoms with Crippen LogP contribution >= 0.6 is 0 Å². The quantitative estimate of drug-likeness (QED) is 0.312. The fourth-order valence-corrected chi connectivity index (χ4v) is 2.93. The summed E-state index contributed by atoms with van der Waals surface area (Å²) < 4.78 is 27.3. The van der Waals surface area contributed by atoms with E-state index in [0.29, 0.717) is 29.2 Å². The minimum atomic E-state index is -1.82. The van der Waals surface area contributed by atoms with Crippen molar-refractivity contribution in [3.63, 3.8) is 0 Å². The maximum absolute atomic E-state index is 11.3. The topological polar surface area (TPSA) is 63.2 Å². The lowest BCUT2D eigenvalue weighted by atomic mass is 10.1. The highest BCUT2D eigenvalue weighted by Crippen LogP contribution is 2.37. The Balaban J connectivity index is 3.06. The van der Waals surface area contributed by atoms with Crippen LogP contribution in [0.5, 0.6) is 11.5 Å². The first kappa shape index (κ1) is 23.4. The lowest BCUT2D eigenvalue weighted by molar-refractivity contribution is 0.0321. The van der Waals surface area contributed by atoms with Gasteiger partial charge in [0, 0.05) is 25.3 Å². The molecule has 7 heteroatoms. The van der Waals surface area contributed by atoms with E-state index in [1.807, 2.05) is 12.2 Å². The Labute approximate surface area is 163 Å². The number of benzene rings is 1. The minimum absolute atomic E-state index is 0.0449. The molecule has 152 valence electrons. The number of carbonyl (C=O) groups is 1. The summed E-state index contributed by atoms with van der Waals surface area (Å²) in [6, 6.07) is 3.35. The third kappa shape index (κ3) is 7.10. The Kier molecular flexibility index (Phi) is 9.18. The van der Waals surface area contributed by atoms with Gasteiger partial charge in [-0.15, -0.1) is 0 Å². The second-order valence-electron chi connectivity index (χ2n) is 7.63. The molecule has 0 aliphatic heterocycles. The molecule has 0 radical (unpaired) electrons. The van der Waals surface area contributed by atoms with Crippen molar-refractivity contribution >= 4 is 20.7 Å². The first-order valence-electron chi connectivity index (χ1n) is 8.83. The zero-order valence-corrected chi connectivity index (χ0v) is 18.5. The minimum Gasteiger partial charge on any atom is -0.464 e. The van der Waals surface area contributed by atoms with Crippen LogP contribution in [-0.2, 0) is 13.9 Å². The molecule has 1 aromatic carbocycles. The highest BCUT2D eigenvalue weighted by Gasteiger charge is 2.36. The molecule has 0 atom stereocenters. The van der Waals surface area contributed by atoms with Crippen LogP contribution in [-0.4, -0.2) is 49.0 Å². The van der Waals surface area contributed by atoms with Gasteiger partial charge in [-0.2, -0.15) is 0 Å². The zero-order chi connectivity index (χ0) is 20.5. The van der Waals surface area contributed by atoms with E-state index in [1.54, 1.807) is 12.1 Å². The molecule has 0 aliphatic carbocycles. The summed E-state index contributed by atoms with van der Waals surface area (Å²) in [5, 5.41) is 0.145. The lowest BCUT2D eigenvalue weighted by Crippen LogP contribution is -2.40. The molecule has 0 aromatic heterocycles. The van der Waals surface area contributed by atoms with Gasteiger partial charge < -0.3 is 23.4 Å². The van der Waals surface area contributed by atoms with Crippen molar-refractivity contribution in [2.24, 2.45) is 0 Å². The molecule has 0 spiro atoms. The molecule has 0 N–H and O–H groups in total. The number of hydrogen-bond donors (Lipinski definition) is 0. The van der Waals surface area contributed by atoms with Gasteiger partial charge in [0.05, 0.1) is 6.61 Å². The van der Waals surface area contributed by atoms with Gasteiger partial charge in [-0.3, -0.25) is 4.79 Å². The van der Waals surface area contributed by atoms with Crippen molar-refractivity contribution in [2.45, 2.75) is 38.9 Å². The molecule has 0 aliphatic rings. The molecule has 0 saturated carbocycles. The SMILES string of the molecule is COCOc1cc(C=O)cc(/C=C/CO[Si](C)(C)C(C)(C)C)c1OCOC. The molecule has 1 aromatic rings. The van der Waals surface area contributed by atoms with Gasteiger partial charge in [0.25, 0.3) is 0 Å². The van der Waals surface area contributed by atoms with E-state index >= 15 is 0 Å². The molecule has 1 rings (SSSR count). The van der Waals surface area contributed by atoms with Crippen molar-refractivity contribution in [3.8, 4) is 11.5 Å². The highest BCUT2D eigenvalue weighted by atomic mass is 28.4. The Morgan fingerprint density at radius 1 is 1.04 bits per heavy atom. The maximum Gasteiger partial charge on any atom is 0.192 e. The van der Waals surface area contributed by atoms with E-state index in [9.17, 15) is 4.79 Å². The van der Waals surface area contributed by atoms with Crippen LogP contribution in [0.15, 0.2) is 18.2 Å². The lowest BCUT2D eigenvalue weighted by Gasteiger charge is -2.35. The zero-order valence-electron chi connectivity index (χ0n) is 17.5. The number of aldehydes is 1. The van der Waals surface area contributed by atoms with E-state index < -0.39 is 8.32 Å². The molecule has 6 nitrogen and oxygen atoms in total. The second-order valence-corrected chi connectivity index (χ2v) is 12.4. The standard InChI is InChI=1S/C20H32O6Si/c1-20(2,3)27(6,7)26-10-8-9-17-11-16(13-21)12-18(24-14-22-4)19(17)25-15-23-5/h8-9,11-13H,10,14-15H2,1-7H3/b9-8+.